The van der Waals surface area contributed by atoms with Gasteiger partial charge in [-0.1, -0.05) is 13.8 Å². The maximum Gasteiger partial charge on any atom is 0.128 e. The fourth-order valence-electron chi connectivity index (χ4n) is 1.28. The number of hydrogen-bond acceptors (Lipinski definition) is 3. The minimum absolute atomic E-state index is 0.487. The minimum atomic E-state index is 0.487. The van der Waals surface area contributed by atoms with Crippen LogP contribution in [0.15, 0.2) is 12.3 Å². The zero-order valence-corrected chi connectivity index (χ0v) is 9.25. The Bertz CT molecular complexity index is 271. The van der Waals surface area contributed by atoms with Crippen molar-refractivity contribution in [3.05, 3.63) is 23.8 Å². The van der Waals surface area contributed by atoms with Crippen molar-refractivity contribution >= 4 is 0 Å². The number of hydrogen-bond donors (Lipinski definition) is 1. The molecule has 0 aromatic carbocycles. The molecule has 3 nitrogen and oxygen atoms in total. The van der Waals surface area contributed by atoms with Gasteiger partial charge in [0.1, 0.15) is 5.82 Å². The smallest absolute Gasteiger partial charge is 0.128 e. The minimum Gasteiger partial charge on any atom is -0.320 e. The molecule has 0 aliphatic carbocycles. The Kier molecular flexibility index (Phi) is 4.53. The van der Waals surface area contributed by atoms with Gasteiger partial charge >= 0.3 is 0 Å². The van der Waals surface area contributed by atoms with Crippen LogP contribution in [-0.2, 0) is 6.42 Å². The Morgan fingerprint density at radius 1 is 1.43 bits per heavy atom. The second kappa shape index (κ2) is 5.70. The number of rotatable bonds is 5. The van der Waals surface area contributed by atoms with E-state index in [-0.39, 0.29) is 0 Å². The van der Waals surface area contributed by atoms with Crippen LogP contribution in [0.5, 0.6) is 0 Å². The second-order valence-electron chi connectivity index (χ2n) is 3.76. The van der Waals surface area contributed by atoms with E-state index < -0.39 is 0 Å². The number of nitrogens with zero attached hydrogens (tertiary/aromatic N) is 2. The average Bonchev–Trinajstić information content (AvgIpc) is 2.19. The maximum absolute atomic E-state index is 4.51. The van der Waals surface area contributed by atoms with Crippen molar-refractivity contribution in [2.24, 2.45) is 0 Å². The summed E-state index contributed by atoms with van der Waals surface area (Å²) in [5.41, 5.74) is 1.14. The molecule has 0 amide bonds. The molecule has 1 aromatic rings. The van der Waals surface area contributed by atoms with Crippen molar-refractivity contribution in [1.29, 1.82) is 0 Å². The van der Waals surface area contributed by atoms with E-state index in [1.54, 1.807) is 0 Å². The lowest BCUT2D eigenvalue weighted by molar-refractivity contribution is 0.691. The molecule has 3 heteroatoms. The van der Waals surface area contributed by atoms with E-state index in [0.29, 0.717) is 5.92 Å². The fourth-order valence-corrected chi connectivity index (χ4v) is 1.28. The van der Waals surface area contributed by atoms with Gasteiger partial charge in [0.05, 0.1) is 0 Å². The van der Waals surface area contributed by atoms with Crippen LogP contribution >= 0.6 is 0 Å². The summed E-state index contributed by atoms with van der Waals surface area (Å²) in [5.74, 6) is 1.45. The molecule has 1 heterocycles. The van der Waals surface area contributed by atoms with E-state index in [9.17, 15) is 0 Å². The summed E-state index contributed by atoms with van der Waals surface area (Å²) < 4.78 is 0. The first-order valence-corrected chi connectivity index (χ1v) is 5.20. The summed E-state index contributed by atoms with van der Waals surface area (Å²) in [5, 5.41) is 3.12. The predicted octanol–water partition coefficient (Wildman–Crippen LogP) is 1.75. The largest absolute Gasteiger partial charge is 0.320 e. The zero-order valence-electron chi connectivity index (χ0n) is 9.25. The highest BCUT2D eigenvalue weighted by Crippen LogP contribution is 2.10. The summed E-state index contributed by atoms with van der Waals surface area (Å²) in [7, 11) is 1.96. The van der Waals surface area contributed by atoms with E-state index in [4.69, 9.17) is 0 Å². The average molecular weight is 193 g/mol. The maximum atomic E-state index is 4.51. The Labute approximate surface area is 86.0 Å². The lowest BCUT2D eigenvalue weighted by Gasteiger charge is -2.05. The molecule has 0 radical (unpaired) electrons. The first-order chi connectivity index (χ1) is 6.74. The standard InChI is InChI=1S/C11H19N3/c1-9(2)10-6-8-13-11(14-10)5-4-7-12-3/h6,8-9,12H,4-5,7H2,1-3H3. The first-order valence-electron chi connectivity index (χ1n) is 5.20. The molecule has 0 spiro atoms. The molecule has 14 heavy (non-hydrogen) atoms. The lowest BCUT2D eigenvalue weighted by atomic mass is 10.1. The highest BCUT2D eigenvalue weighted by molar-refractivity contribution is 5.06. The van der Waals surface area contributed by atoms with Gasteiger partial charge in [0.2, 0.25) is 0 Å². The van der Waals surface area contributed by atoms with E-state index >= 15 is 0 Å². The van der Waals surface area contributed by atoms with Crippen LogP contribution in [0.4, 0.5) is 0 Å². The molecule has 0 unspecified atom stereocenters. The van der Waals surface area contributed by atoms with Crippen molar-refractivity contribution in [2.75, 3.05) is 13.6 Å². The Morgan fingerprint density at radius 2 is 2.21 bits per heavy atom. The molecule has 0 saturated heterocycles. The van der Waals surface area contributed by atoms with Gasteiger partial charge < -0.3 is 5.32 Å². The van der Waals surface area contributed by atoms with Crippen molar-refractivity contribution < 1.29 is 0 Å². The van der Waals surface area contributed by atoms with E-state index in [2.05, 4.69) is 29.1 Å². The summed E-state index contributed by atoms with van der Waals surface area (Å²) in [4.78, 5) is 8.76. The third kappa shape index (κ3) is 3.42. The number of aryl methyl sites for hydroxylation is 1. The van der Waals surface area contributed by atoms with E-state index in [1.165, 1.54) is 0 Å². The summed E-state index contributed by atoms with van der Waals surface area (Å²) in [6.07, 6.45) is 3.91. The zero-order chi connectivity index (χ0) is 10.4. The molecule has 0 atom stereocenters. The SMILES string of the molecule is CNCCCc1nccc(C(C)C)n1. The second-order valence-corrected chi connectivity index (χ2v) is 3.76. The molecule has 1 rings (SSSR count). The van der Waals surface area contributed by atoms with E-state index in [0.717, 1.165) is 30.9 Å². The third-order valence-electron chi connectivity index (χ3n) is 2.15. The molecular formula is C11H19N3. The van der Waals surface area contributed by atoms with Crippen LogP contribution in [0.3, 0.4) is 0 Å². The molecule has 0 aliphatic rings. The quantitative estimate of drug-likeness (QED) is 0.724. The molecule has 1 N–H and O–H groups in total. The van der Waals surface area contributed by atoms with Crippen molar-refractivity contribution in [2.45, 2.75) is 32.6 Å². The van der Waals surface area contributed by atoms with Crippen LogP contribution in [0.25, 0.3) is 0 Å². The van der Waals surface area contributed by atoms with Crippen LogP contribution < -0.4 is 5.32 Å². The van der Waals surface area contributed by atoms with E-state index in [1.807, 2.05) is 19.3 Å². The molecule has 0 aliphatic heterocycles. The Hall–Kier alpha value is -0.960. The molecular weight excluding hydrogens is 174 g/mol. The Balaban J connectivity index is 2.55. The lowest BCUT2D eigenvalue weighted by Crippen LogP contribution is -2.10. The van der Waals surface area contributed by atoms with Crippen molar-refractivity contribution in [1.82, 2.24) is 15.3 Å². The van der Waals surface area contributed by atoms with Crippen LogP contribution in [0, 0.1) is 0 Å². The van der Waals surface area contributed by atoms with Gasteiger partial charge in [-0.2, -0.15) is 0 Å². The molecule has 0 fully saturated rings. The van der Waals surface area contributed by atoms with Crippen LogP contribution in [0.2, 0.25) is 0 Å². The highest BCUT2D eigenvalue weighted by atomic mass is 14.9. The molecule has 0 bridgehead atoms. The molecule has 0 saturated carbocycles. The summed E-state index contributed by atoms with van der Waals surface area (Å²) >= 11 is 0. The summed E-state index contributed by atoms with van der Waals surface area (Å²) in [6.45, 7) is 5.33. The third-order valence-corrected chi connectivity index (χ3v) is 2.15. The topological polar surface area (TPSA) is 37.8 Å². The van der Waals surface area contributed by atoms with Gasteiger partial charge in [-0.15, -0.1) is 0 Å². The van der Waals surface area contributed by atoms with Gasteiger partial charge in [-0.05, 0) is 32.0 Å². The van der Waals surface area contributed by atoms with Gasteiger partial charge in [0.25, 0.3) is 0 Å². The number of aromatic nitrogens is 2. The van der Waals surface area contributed by atoms with Crippen LogP contribution in [0.1, 0.15) is 37.7 Å². The monoisotopic (exact) mass is 193 g/mol. The predicted molar refractivity (Wildman–Crippen MR) is 58.4 cm³/mol. The normalized spacial score (nSPS) is 10.9. The number of nitrogens with one attached hydrogen (secondary N) is 1. The van der Waals surface area contributed by atoms with Gasteiger partial charge in [-0.3, -0.25) is 0 Å². The van der Waals surface area contributed by atoms with Crippen molar-refractivity contribution in [3.63, 3.8) is 0 Å². The summed E-state index contributed by atoms with van der Waals surface area (Å²) in [6, 6.07) is 1.99. The van der Waals surface area contributed by atoms with Gasteiger partial charge in [-0.25, -0.2) is 9.97 Å². The Morgan fingerprint density at radius 3 is 2.86 bits per heavy atom. The van der Waals surface area contributed by atoms with Crippen molar-refractivity contribution in [3.8, 4) is 0 Å². The highest BCUT2D eigenvalue weighted by Gasteiger charge is 2.02. The first kappa shape index (κ1) is 11.1. The molecule has 78 valence electrons. The van der Waals surface area contributed by atoms with Crippen LogP contribution in [-0.4, -0.2) is 23.6 Å². The fraction of sp³-hybridized carbons (Fsp3) is 0.636. The van der Waals surface area contributed by atoms with Gasteiger partial charge in [0.15, 0.2) is 0 Å². The molecule has 1 aromatic heterocycles. The van der Waals surface area contributed by atoms with Gasteiger partial charge in [0, 0.05) is 18.3 Å².